The predicted molar refractivity (Wildman–Crippen MR) is 74.9 cm³/mol. The van der Waals surface area contributed by atoms with Crippen molar-refractivity contribution in [3.05, 3.63) is 23.8 Å². The highest BCUT2D eigenvalue weighted by molar-refractivity contribution is 7.92. The van der Waals surface area contributed by atoms with Gasteiger partial charge in [-0.3, -0.25) is 4.72 Å². The molecule has 0 aromatic heterocycles. The third kappa shape index (κ3) is 5.12. The molecule has 0 saturated carbocycles. The van der Waals surface area contributed by atoms with Crippen LogP contribution in [0.1, 0.15) is 5.56 Å². The van der Waals surface area contributed by atoms with E-state index in [1.165, 1.54) is 0 Å². The standard InChI is InChI=1S/C11H17ClN2O3S/c1-8-3-4-9(13-7-10(15)6-12)5-11(8)14-18(2,16)17/h3-5,10,13-15H,6-7H2,1-2H3. The van der Waals surface area contributed by atoms with E-state index in [1.54, 1.807) is 12.1 Å². The van der Waals surface area contributed by atoms with Crippen molar-refractivity contribution in [3.8, 4) is 0 Å². The second-order valence-electron chi connectivity index (χ2n) is 4.09. The fourth-order valence-corrected chi connectivity index (χ4v) is 2.06. The minimum Gasteiger partial charge on any atom is -0.390 e. The summed E-state index contributed by atoms with van der Waals surface area (Å²) in [7, 11) is -3.30. The molecule has 0 aliphatic carbocycles. The molecule has 3 N–H and O–H groups in total. The van der Waals surface area contributed by atoms with Crippen molar-refractivity contribution in [3.63, 3.8) is 0 Å². The van der Waals surface area contributed by atoms with Crippen LogP contribution >= 0.6 is 11.6 Å². The molecule has 0 heterocycles. The van der Waals surface area contributed by atoms with Gasteiger partial charge in [-0.25, -0.2) is 8.42 Å². The van der Waals surface area contributed by atoms with Crippen molar-refractivity contribution < 1.29 is 13.5 Å². The number of anilines is 2. The molecule has 0 bridgehead atoms. The first-order valence-corrected chi connectivity index (χ1v) is 7.81. The molecule has 0 spiro atoms. The molecule has 0 saturated heterocycles. The zero-order chi connectivity index (χ0) is 13.8. The molecule has 1 aromatic carbocycles. The number of sulfonamides is 1. The number of rotatable bonds is 6. The molecule has 0 aliphatic rings. The van der Waals surface area contributed by atoms with E-state index in [-0.39, 0.29) is 5.88 Å². The first-order valence-electron chi connectivity index (χ1n) is 5.38. The van der Waals surface area contributed by atoms with Crippen LogP contribution in [-0.2, 0) is 10.0 Å². The van der Waals surface area contributed by atoms with Crippen molar-refractivity contribution in [2.24, 2.45) is 0 Å². The van der Waals surface area contributed by atoms with Crippen molar-refractivity contribution in [1.82, 2.24) is 0 Å². The molecule has 1 unspecified atom stereocenters. The van der Waals surface area contributed by atoms with E-state index in [4.69, 9.17) is 11.6 Å². The molecule has 1 rings (SSSR count). The Hall–Kier alpha value is -0.980. The lowest BCUT2D eigenvalue weighted by atomic mass is 10.2. The van der Waals surface area contributed by atoms with Gasteiger partial charge in [0.1, 0.15) is 0 Å². The van der Waals surface area contributed by atoms with E-state index in [2.05, 4.69) is 10.0 Å². The normalized spacial score (nSPS) is 13.1. The zero-order valence-corrected chi connectivity index (χ0v) is 11.8. The van der Waals surface area contributed by atoms with Gasteiger partial charge in [-0.1, -0.05) is 6.07 Å². The largest absolute Gasteiger partial charge is 0.390 e. The highest BCUT2D eigenvalue weighted by atomic mass is 35.5. The number of alkyl halides is 1. The molecule has 0 fully saturated rings. The molecule has 7 heteroatoms. The Bertz CT molecular complexity index is 505. The third-order valence-corrected chi connectivity index (χ3v) is 3.20. The molecular weight excluding hydrogens is 276 g/mol. The lowest BCUT2D eigenvalue weighted by molar-refractivity contribution is 0.211. The molecule has 1 aromatic rings. The Kier molecular flexibility index (Phi) is 5.25. The summed E-state index contributed by atoms with van der Waals surface area (Å²) in [6.45, 7) is 2.12. The average molecular weight is 293 g/mol. The van der Waals surface area contributed by atoms with Crippen molar-refractivity contribution in [2.45, 2.75) is 13.0 Å². The van der Waals surface area contributed by atoms with Gasteiger partial charge in [-0.05, 0) is 24.6 Å². The maximum Gasteiger partial charge on any atom is 0.229 e. The smallest absolute Gasteiger partial charge is 0.229 e. The van der Waals surface area contributed by atoms with E-state index in [9.17, 15) is 13.5 Å². The molecule has 0 amide bonds. The number of hydrogen-bond acceptors (Lipinski definition) is 4. The first kappa shape index (κ1) is 15.1. The van der Waals surface area contributed by atoms with Gasteiger partial charge < -0.3 is 10.4 Å². The SMILES string of the molecule is Cc1ccc(NCC(O)CCl)cc1NS(C)(=O)=O. The second-order valence-corrected chi connectivity index (χ2v) is 6.15. The van der Waals surface area contributed by atoms with Crippen LogP contribution in [0.25, 0.3) is 0 Å². The van der Waals surface area contributed by atoms with Gasteiger partial charge >= 0.3 is 0 Å². The fourth-order valence-electron chi connectivity index (χ4n) is 1.33. The second kappa shape index (κ2) is 6.26. The fraction of sp³-hybridized carbons (Fsp3) is 0.455. The Balaban J connectivity index is 2.81. The van der Waals surface area contributed by atoms with Crippen LogP contribution in [0.4, 0.5) is 11.4 Å². The van der Waals surface area contributed by atoms with Crippen LogP contribution in [0.2, 0.25) is 0 Å². The van der Waals surface area contributed by atoms with Gasteiger partial charge in [0.15, 0.2) is 0 Å². The summed E-state index contributed by atoms with van der Waals surface area (Å²) in [4.78, 5) is 0. The Morgan fingerprint density at radius 2 is 2.11 bits per heavy atom. The summed E-state index contributed by atoms with van der Waals surface area (Å²) >= 11 is 5.48. The highest BCUT2D eigenvalue weighted by Crippen LogP contribution is 2.21. The minimum absolute atomic E-state index is 0.146. The van der Waals surface area contributed by atoms with E-state index in [1.807, 2.05) is 13.0 Å². The Labute approximate surface area is 112 Å². The van der Waals surface area contributed by atoms with Crippen LogP contribution in [0.15, 0.2) is 18.2 Å². The number of halogens is 1. The molecule has 18 heavy (non-hydrogen) atoms. The number of aryl methyl sites for hydroxylation is 1. The van der Waals surface area contributed by atoms with Crippen LogP contribution in [0.3, 0.4) is 0 Å². The van der Waals surface area contributed by atoms with Crippen molar-refractivity contribution >= 4 is 33.0 Å². The monoisotopic (exact) mass is 292 g/mol. The number of hydrogen-bond donors (Lipinski definition) is 3. The molecule has 5 nitrogen and oxygen atoms in total. The van der Waals surface area contributed by atoms with Crippen LogP contribution in [0.5, 0.6) is 0 Å². The first-order chi connectivity index (χ1) is 8.31. The van der Waals surface area contributed by atoms with Crippen LogP contribution in [-0.4, -0.2) is 38.3 Å². The summed E-state index contributed by atoms with van der Waals surface area (Å²) in [5, 5.41) is 12.3. The zero-order valence-electron chi connectivity index (χ0n) is 10.3. The van der Waals surface area contributed by atoms with Gasteiger partial charge in [0.2, 0.25) is 10.0 Å². The number of aliphatic hydroxyl groups is 1. The van der Waals surface area contributed by atoms with Gasteiger partial charge in [-0.15, -0.1) is 11.6 Å². The highest BCUT2D eigenvalue weighted by Gasteiger charge is 2.07. The number of benzene rings is 1. The Morgan fingerprint density at radius 1 is 1.44 bits per heavy atom. The summed E-state index contributed by atoms with van der Waals surface area (Å²) in [6, 6.07) is 5.28. The van der Waals surface area contributed by atoms with Gasteiger partial charge in [0.25, 0.3) is 0 Å². The van der Waals surface area contributed by atoms with E-state index < -0.39 is 16.1 Å². The molecule has 102 valence electrons. The molecule has 0 radical (unpaired) electrons. The molecular formula is C11H17ClN2O3S. The molecule has 1 atom stereocenters. The van der Waals surface area contributed by atoms with Gasteiger partial charge in [0.05, 0.1) is 23.9 Å². The maximum atomic E-state index is 11.2. The number of nitrogens with one attached hydrogen (secondary N) is 2. The Morgan fingerprint density at radius 3 is 2.67 bits per heavy atom. The summed E-state index contributed by atoms with van der Waals surface area (Å²) in [5.74, 6) is 0.146. The molecule has 0 aliphatic heterocycles. The topological polar surface area (TPSA) is 78.4 Å². The van der Waals surface area contributed by atoms with Crippen molar-refractivity contribution in [2.75, 3.05) is 28.7 Å². The minimum atomic E-state index is -3.30. The van der Waals surface area contributed by atoms with E-state index >= 15 is 0 Å². The summed E-state index contributed by atoms with van der Waals surface area (Å²) in [6.07, 6.45) is 0.461. The lowest BCUT2D eigenvalue weighted by Gasteiger charge is -2.13. The summed E-state index contributed by atoms with van der Waals surface area (Å²) in [5.41, 5.74) is 2.06. The van der Waals surface area contributed by atoms with Gasteiger partial charge in [0, 0.05) is 12.2 Å². The lowest BCUT2D eigenvalue weighted by Crippen LogP contribution is -2.20. The van der Waals surface area contributed by atoms with E-state index in [0.29, 0.717) is 12.2 Å². The average Bonchev–Trinajstić information content (AvgIpc) is 2.28. The van der Waals surface area contributed by atoms with Crippen LogP contribution in [0, 0.1) is 6.92 Å². The summed E-state index contributed by atoms with van der Waals surface area (Å²) < 4.78 is 24.8. The van der Waals surface area contributed by atoms with Crippen molar-refractivity contribution in [1.29, 1.82) is 0 Å². The quantitative estimate of drug-likeness (QED) is 0.692. The maximum absolute atomic E-state index is 11.2. The predicted octanol–water partition coefficient (Wildman–Crippen LogP) is 1.38. The van der Waals surface area contributed by atoms with Gasteiger partial charge in [-0.2, -0.15) is 0 Å². The third-order valence-electron chi connectivity index (χ3n) is 2.25. The van der Waals surface area contributed by atoms with Crippen LogP contribution < -0.4 is 10.0 Å². The number of aliphatic hydroxyl groups excluding tert-OH is 1. The van der Waals surface area contributed by atoms with E-state index in [0.717, 1.165) is 17.5 Å².